The van der Waals surface area contributed by atoms with E-state index in [0.29, 0.717) is 13.0 Å². The molecule has 2 saturated heterocycles. The Kier molecular flexibility index (Phi) is 6.51. The van der Waals surface area contributed by atoms with Crippen molar-refractivity contribution in [2.75, 3.05) is 25.6 Å². The van der Waals surface area contributed by atoms with Crippen LogP contribution in [-0.2, 0) is 32.4 Å². The zero-order valence-corrected chi connectivity index (χ0v) is 16.6. The quantitative estimate of drug-likeness (QED) is 0.509. The average Bonchev–Trinajstić information content (AvgIpc) is 3.04. The number of carbonyl (C=O) groups is 1. The first-order valence-corrected chi connectivity index (χ1v) is 10.5. The molecule has 1 unspecified atom stereocenters. The first kappa shape index (κ1) is 20.9. The zero-order valence-electron chi connectivity index (χ0n) is 15.7. The largest absolute Gasteiger partial charge is 0.475 e. The molecule has 3 rings (SSSR count). The van der Waals surface area contributed by atoms with Crippen molar-refractivity contribution in [2.24, 2.45) is 5.92 Å². The smallest absolute Gasteiger partial charge is 0.466 e. The number of carbonyl (C=O) groups excluding carboxylic acids is 1. The van der Waals surface area contributed by atoms with Crippen molar-refractivity contribution in [3.63, 3.8) is 0 Å². The summed E-state index contributed by atoms with van der Waals surface area (Å²) in [6.45, 7) is 3.74. The molecule has 12 heteroatoms. The number of nitrogens with zero attached hydrogens (tertiary/aromatic N) is 2. The summed E-state index contributed by atoms with van der Waals surface area (Å²) in [5.74, 6) is -0.621. The van der Waals surface area contributed by atoms with E-state index in [1.165, 1.54) is 16.8 Å². The summed E-state index contributed by atoms with van der Waals surface area (Å²) in [6, 6.07) is 1.49. The number of hydrogen-bond acceptors (Lipinski definition) is 10. The van der Waals surface area contributed by atoms with Crippen LogP contribution in [0, 0.1) is 5.92 Å². The third-order valence-corrected chi connectivity index (χ3v) is 5.99. The molecule has 11 nitrogen and oxygen atoms in total. The van der Waals surface area contributed by atoms with Gasteiger partial charge in [-0.1, -0.05) is 6.92 Å². The lowest BCUT2D eigenvalue weighted by atomic mass is 10.1. The molecule has 0 saturated carbocycles. The molecule has 0 amide bonds. The van der Waals surface area contributed by atoms with Crippen LogP contribution in [0.4, 0.5) is 5.82 Å². The summed E-state index contributed by atoms with van der Waals surface area (Å²) in [4.78, 5) is 27.2. The summed E-state index contributed by atoms with van der Waals surface area (Å²) in [5.41, 5.74) is 4.95. The molecule has 0 aliphatic carbocycles. The number of nitrogen functional groups attached to an aromatic ring is 1. The highest BCUT2D eigenvalue weighted by atomic mass is 31.2. The van der Waals surface area contributed by atoms with Crippen molar-refractivity contribution in [1.82, 2.24) is 9.55 Å². The van der Waals surface area contributed by atoms with Crippen LogP contribution < -0.4 is 11.4 Å². The number of rotatable bonds is 7. The van der Waals surface area contributed by atoms with E-state index < -0.39 is 37.9 Å². The van der Waals surface area contributed by atoms with Crippen molar-refractivity contribution < 1.29 is 32.4 Å². The topological polar surface area (TPSA) is 141 Å². The van der Waals surface area contributed by atoms with E-state index in [9.17, 15) is 14.2 Å². The first-order valence-electron chi connectivity index (χ1n) is 9.05. The molecule has 0 bridgehead atoms. The Bertz CT molecular complexity index is 815. The van der Waals surface area contributed by atoms with Gasteiger partial charge < -0.3 is 15.2 Å². The van der Waals surface area contributed by atoms with Gasteiger partial charge >= 0.3 is 19.5 Å². The molecule has 1 aromatic heterocycles. The molecule has 2 fully saturated rings. The highest BCUT2D eigenvalue weighted by Crippen LogP contribution is 2.56. The maximum absolute atomic E-state index is 12.7. The van der Waals surface area contributed by atoms with Crippen molar-refractivity contribution in [3.8, 4) is 0 Å². The van der Waals surface area contributed by atoms with Crippen molar-refractivity contribution in [1.29, 1.82) is 0 Å². The van der Waals surface area contributed by atoms with E-state index in [1.54, 1.807) is 13.8 Å². The summed E-state index contributed by atoms with van der Waals surface area (Å²) in [5, 5.41) is 0. The van der Waals surface area contributed by atoms with E-state index in [1.807, 2.05) is 0 Å². The van der Waals surface area contributed by atoms with E-state index in [4.69, 9.17) is 28.8 Å². The molecular formula is C16H24N3O8P. The Labute approximate surface area is 161 Å². The lowest BCUT2D eigenvalue weighted by molar-refractivity contribution is -0.147. The minimum atomic E-state index is -3.78. The molecule has 2 N–H and O–H groups in total. The number of phosphoric ester groups is 1. The van der Waals surface area contributed by atoms with E-state index in [2.05, 4.69) is 4.98 Å². The average molecular weight is 417 g/mol. The Balaban J connectivity index is 1.54. The number of nitrogens with two attached hydrogens (primary N) is 1. The van der Waals surface area contributed by atoms with Gasteiger partial charge in [-0.3, -0.25) is 22.9 Å². The molecule has 2 aliphatic heterocycles. The van der Waals surface area contributed by atoms with Gasteiger partial charge in [0.15, 0.2) is 0 Å². The van der Waals surface area contributed by atoms with Crippen molar-refractivity contribution >= 4 is 19.6 Å². The lowest BCUT2D eigenvalue weighted by Crippen LogP contribution is -2.33. The molecule has 0 spiro atoms. The predicted molar refractivity (Wildman–Crippen MR) is 96.2 cm³/mol. The summed E-state index contributed by atoms with van der Waals surface area (Å²) < 4.78 is 40.7. The number of anilines is 1. The van der Waals surface area contributed by atoms with Crippen molar-refractivity contribution in [3.05, 3.63) is 22.7 Å². The molecule has 0 radical (unpaired) electrons. The van der Waals surface area contributed by atoms with Gasteiger partial charge in [0.25, 0.3) is 0 Å². The summed E-state index contributed by atoms with van der Waals surface area (Å²) in [6.07, 6.45) is 0.409. The Hall–Kier alpha value is -1.78. The molecule has 2 aliphatic rings. The number of phosphoric acid groups is 1. The number of aromatic nitrogens is 2. The molecule has 1 aromatic rings. The fourth-order valence-electron chi connectivity index (χ4n) is 2.95. The fourth-order valence-corrected chi connectivity index (χ4v) is 4.36. The van der Waals surface area contributed by atoms with Crippen LogP contribution in [0.5, 0.6) is 0 Å². The van der Waals surface area contributed by atoms with Gasteiger partial charge in [-0.05, 0) is 19.4 Å². The number of hydrogen-bond donors (Lipinski definition) is 1. The third kappa shape index (κ3) is 4.79. The van der Waals surface area contributed by atoms with Crippen LogP contribution in [0.2, 0.25) is 0 Å². The van der Waals surface area contributed by atoms with E-state index in [0.717, 1.165) is 0 Å². The summed E-state index contributed by atoms with van der Waals surface area (Å²) in [7, 11) is -3.78. The second kappa shape index (κ2) is 8.71. The number of fused-ring (bicyclic) bond motifs is 1. The minimum absolute atomic E-state index is 0.00300. The molecule has 28 heavy (non-hydrogen) atoms. The molecule has 3 heterocycles. The Morgan fingerprint density at radius 2 is 2.29 bits per heavy atom. The van der Waals surface area contributed by atoms with Crippen LogP contribution >= 0.6 is 7.82 Å². The van der Waals surface area contributed by atoms with E-state index >= 15 is 0 Å². The van der Waals surface area contributed by atoms with Crippen LogP contribution in [0.25, 0.3) is 0 Å². The molecular weight excluding hydrogens is 393 g/mol. The van der Waals surface area contributed by atoms with Gasteiger partial charge in [0.2, 0.25) is 0 Å². The normalized spacial score (nSPS) is 30.6. The second-order valence-corrected chi connectivity index (χ2v) is 8.19. The van der Waals surface area contributed by atoms with Crippen molar-refractivity contribution in [2.45, 2.75) is 45.1 Å². The van der Waals surface area contributed by atoms with Gasteiger partial charge in [0.1, 0.15) is 24.3 Å². The molecule has 5 atom stereocenters. The standard InChI is InChI=1S/C16H24N3O8P/c1-3-23-15(20)10(2)5-7-24-28(22)25-9-12-11(27-28)8-14(26-12)19-6-4-13(17)18-16(19)21/h4,6,10-12,14H,3,5,7-9H2,1-2H3,(H2,17,18,21)/t10?,11-,12+,14+,28-/m1/s1. The monoisotopic (exact) mass is 417 g/mol. The van der Waals surface area contributed by atoms with Gasteiger partial charge in [-0.15, -0.1) is 0 Å². The highest BCUT2D eigenvalue weighted by Gasteiger charge is 2.48. The number of ether oxygens (including phenoxy) is 2. The predicted octanol–water partition coefficient (Wildman–Crippen LogP) is 1.24. The van der Waals surface area contributed by atoms with Gasteiger partial charge in [-0.2, -0.15) is 4.98 Å². The maximum Gasteiger partial charge on any atom is 0.475 e. The highest BCUT2D eigenvalue weighted by molar-refractivity contribution is 7.48. The van der Waals surface area contributed by atoms with E-state index in [-0.39, 0.29) is 31.4 Å². The number of esters is 1. The second-order valence-electron chi connectivity index (χ2n) is 6.57. The van der Waals surface area contributed by atoms with Crippen LogP contribution in [-0.4, -0.2) is 47.5 Å². The van der Waals surface area contributed by atoms with Gasteiger partial charge in [0, 0.05) is 12.6 Å². The van der Waals surface area contributed by atoms with Gasteiger partial charge in [-0.25, -0.2) is 9.36 Å². The SMILES string of the molecule is CCOC(=O)C(C)CCO[P@]1(=O)OC[C@@H]2O[C@H](n3ccc(N)nc3=O)C[C@H]2O1. The Morgan fingerprint density at radius 3 is 3.00 bits per heavy atom. The Morgan fingerprint density at radius 1 is 1.50 bits per heavy atom. The van der Waals surface area contributed by atoms with Crippen LogP contribution in [0.15, 0.2) is 17.1 Å². The van der Waals surface area contributed by atoms with Crippen LogP contribution in [0.1, 0.15) is 32.9 Å². The minimum Gasteiger partial charge on any atom is -0.466 e. The molecule has 0 aromatic carbocycles. The first-order chi connectivity index (χ1) is 13.3. The van der Waals surface area contributed by atoms with Crippen LogP contribution in [0.3, 0.4) is 0 Å². The lowest BCUT2D eigenvalue weighted by Gasteiger charge is -2.29. The maximum atomic E-state index is 12.7. The van der Waals surface area contributed by atoms with Gasteiger partial charge in [0.05, 0.1) is 25.7 Å². The summed E-state index contributed by atoms with van der Waals surface area (Å²) >= 11 is 0. The molecule has 156 valence electrons. The third-order valence-electron chi connectivity index (χ3n) is 4.49. The zero-order chi connectivity index (χ0) is 20.3. The fraction of sp³-hybridized carbons (Fsp3) is 0.688.